The standard InChI is InChI=1S/C16H22N2O3/c1-11-5-4-8-18(9-11)14(19)10-21-16(20)13-7-3-6-12(2)15(13)17/h3,6-7,11H,4-5,8-10,17H2,1-2H3. The number of piperidine rings is 1. The molecule has 1 unspecified atom stereocenters. The number of nitrogen functional groups attached to an aromatic ring is 1. The molecule has 0 bridgehead atoms. The van der Waals surface area contributed by atoms with E-state index in [0.717, 1.165) is 31.5 Å². The molecular weight excluding hydrogens is 268 g/mol. The lowest BCUT2D eigenvalue weighted by molar-refractivity contribution is -0.136. The first-order valence-corrected chi connectivity index (χ1v) is 7.29. The summed E-state index contributed by atoms with van der Waals surface area (Å²) in [7, 11) is 0. The van der Waals surface area contributed by atoms with Gasteiger partial charge < -0.3 is 15.4 Å². The summed E-state index contributed by atoms with van der Waals surface area (Å²) in [5, 5.41) is 0. The fraction of sp³-hybridized carbons (Fsp3) is 0.500. The second-order valence-corrected chi connectivity index (χ2v) is 5.70. The first-order chi connectivity index (χ1) is 9.99. The monoisotopic (exact) mass is 290 g/mol. The van der Waals surface area contributed by atoms with Crippen LogP contribution in [0.25, 0.3) is 0 Å². The summed E-state index contributed by atoms with van der Waals surface area (Å²) < 4.78 is 5.10. The molecule has 0 saturated carbocycles. The van der Waals surface area contributed by atoms with E-state index in [-0.39, 0.29) is 12.5 Å². The Balaban J connectivity index is 1.91. The van der Waals surface area contributed by atoms with Crippen molar-refractivity contribution in [2.75, 3.05) is 25.4 Å². The van der Waals surface area contributed by atoms with Gasteiger partial charge >= 0.3 is 5.97 Å². The summed E-state index contributed by atoms with van der Waals surface area (Å²) in [4.78, 5) is 25.8. The lowest BCUT2D eigenvalue weighted by Crippen LogP contribution is -2.41. The lowest BCUT2D eigenvalue weighted by atomic mass is 10.0. The number of rotatable bonds is 3. The molecule has 5 heteroatoms. The van der Waals surface area contributed by atoms with Gasteiger partial charge in [0.25, 0.3) is 5.91 Å². The molecule has 0 aliphatic carbocycles. The number of carbonyl (C=O) groups excluding carboxylic acids is 2. The predicted molar refractivity (Wildman–Crippen MR) is 80.9 cm³/mol. The van der Waals surface area contributed by atoms with Crippen molar-refractivity contribution in [1.82, 2.24) is 4.90 Å². The van der Waals surface area contributed by atoms with Gasteiger partial charge in [-0.1, -0.05) is 19.1 Å². The molecule has 0 spiro atoms. The zero-order chi connectivity index (χ0) is 15.4. The average Bonchev–Trinajstić information content (AvgIpc) is 2.47. The van der Waals surface area contributed by atoms with E-state index in [1.165, 1.54) is 0 Å². The van der Waals surface area contributed by atoms with Gasteiger partial charge in [-0.05, 0) is 37.3 Å². The fourth-order valence-electron chi connectivity index (χ4n) is 2.57. The number of aryl methyl sites for hydroxylation is 1. The molecular formula is C16H22N2O3. The number of carbonyl (C=O) groups is 2. The van der Waals surface area contributed by atoms with Crippen LogP contribution in [0.3, 0.4) is 0 Å². The molecule has 0 radical (unpaired) electrons. The molecule has 1 saturated heterocycles. The number of anilines is 1. The maximum absolute atomic E-state index is 12.0. The molecule has 1 heterocycles. The van der Waals surface area contributed by atoms with Gasteiger partial charge in [0.1, 0.15) is 0 Å². The molecule has 1 amide bonds. The van der Waals surface area contributed by atoms with E-state index in [9.17, 15) is 9.59 Å². The van der Waals surface area contributed by atoms with Gasteiger partial charge in [0.2, 0.25) is 0 Å². The van der Waals surface area contributed by atoms with E-state index in [0.29, 0.717) is 17.2 Å². The van der Waals surface area contributed by atoms with Crippen molar-refractivity contribution >= 4 is 17.6 Å². The van der Waals surface area contributed by atoms with Gasteiger partial charge in [-0.15, -0.1) is 0 Å². The van der Waals surface area contributed by atoms with Crippen molar-refractivity contribution in [2.45, 2.75) is 26.7 Å². The van der Waals surface area contributed by atoms with Crippen molar-refractivity contribution in [3.63, 3.8) is 0 Å². The van der Waals surface area contributed by atoms with E-state index in [4.69, 9.17) is 10.5 Å². The van der Waals surface area contributed by atoms with Crippen LogP contribution in [0.1, 0.15) is 35.7 Å². The van der Waals surface area contributed by atoms with Crippen LogP contribution < -0.4 is 5.73 Å². The summed E-state index contributed by atoms with van der Waals surface area (Å²) in [5.41, 5.74) is 7.39. The van der Waals surface area contributed by atoms with Crippen LogP contribution in [0, 0.1) is 12.8 Å². The van der Waals surface area contributed by atoms with Crippen molar-refractivity contribution in [3.8, 4) is 0 Å². The Morgan fingerprint density at radius 3 is 2.90 bits per heavy atom. The van der Waals surface area contributed by atoms with Gasteiger partial charge in [-0.2, -0.15) is 0 Å². The Morgan fingerprint density at radius 1 is 1.43 bits per heavy atom. The number of amides is 1. The Kier molecular flexibility index (Phi) is 4.83. The number of benzene rings is 1. The zero-order valence-corrected chi connectivity index (χ0v) is 12.6. The number of likely N-dealkylation sites (tertiary alicyclic amines) is 1. The van der Waals surface area contributed by atoms with E-state index < -0.39 is 5.97 Å². The largest absolute Gasteiger partial charge is 0.452 e. The molecule has 2 rings (SSSR count). The molecule has 1 fully saturated rings. The second-order valence-electron chi connectivity index (χ2n) is 5.70. The lowest BCUT2D eigenvalue weighted by Gasteiger charge is -2.30. The quantitative estimate of drug-likeness (QED) is 0.682. The summed E-state index contributed by atoms with van der Waals surface area (Å²) >= 11 is 0. The van der Waals surface area contributed by atoms with Crippen LogP contribution in [-0.2, 0) is 9.53 Å². The molecule has 2 N–H and O–H groups in total. The van der Waals surface area contributed by atoms with Gasteiger partial charge in [-0.3, -0.25) is 4.79 Å². The number of nitrogens with zero attached hydrogens (tertiary/aromatic N) is 1. The molecule has 1 aliphatic heterocycles. The third-order valence-corrected chi connectivity index (χ3v) is 3.88. The topological polar surface area (TPSA) is 72.6 Å². The highest BCUT2D eigenvalue weighted by Gasteiger charge is 2.22. The smallest absolute Gasteiger partial charge is 0.340 e. The Bertz CT molecular complexity index is 542. The van der Waals surface area contributed by atoms with Crippen molar-refractivity contribution < 1.29 is 14.3 Å². The minimum absolute atomic E-state index is 0.138. The van der Waals surface area contributed by atoms with Crippen LogP contribution in [0.5, 0.6) is 0 Å². The molecule has 1 atom stereocenters. The van der Waals surface area contributed by atoms with Crippen LogP contribution in [0.2, 0.25) is 0 Å². The summed E-state index contributed by atoms with van der Waals surface area (Å²) in [6.45, 7) is 5.21. The Morgan fingerprint density at radius 2 is 2.19 bits per heavy atom. The number of nitrogens with two attached hydrogens (primary N) is 1. The molecule has 21 heavy (non-hydrogen) atoms. The first kappa shape index (κ1) is 15.4. The third-order valence-electron chi connectivity index (χ3n) is 3.88. The number of para-hydroxylation sites is 1. The molecule has 1 aliphatic rings. The number of esters is 1. The summed E-state index contributed by atoms with van der Waals surface area (Å²) in [6, 6.07) is 5.18. The normalized spacial score (nSPS) is 18.4. The first-order valence-electron chi connectivity index (χ1n) is 7.29. The van der Waals surface area contributed by atoms with Crippen molar-refractivity contribution in [1.29, 1.82) is 0 Å². The molecule has 5 nitrogen and oxygen atoms in total. The molecule has 1 aromatic carbocycles. The van der Waals surface area contributed by atoms with Crippen LogP contribution in [0.15, 0.2) is 18.2 Å². The fourth-order valence-corrected chi connectivity index (χ4v) is 2.57. The Hall–Kier alpha value is -2.04. The maximum Gasteiger partial charge on any atom is 0.340 e. The van der Waals surface area contributed by atoms with Gasteiger partial charge in [0, 0.05) is 18.8 Å². The highest BCUT2D eigenvalue weighted by Crippen LogP contribution is 2.18. The van der Waals surface area contributed by atoms with Crippen LogP contribution in [-0.4, -0.2) is 36.5 Å². The minimum Gasteiger partial charge on any atom is -0.452 e. The number of ether oxygens (including phenoxy) is 1. The molecule has 1 aromatic rings. The van der Waals surface area contributed by atoms with E-state index in [1.54, 1.807) is 17.0 Å². The summed E-state index contributed by atoms with van der Waals surface area (Å²) in [5.74, 6) is -0.179. The van der Waals surface area contributed by atoms with E-state index in [2.05, 4.69) is 6.92 Å². The van der Waals surface area contributed by atoms with Gasteiger partial charge in [0.15, 0.2) is 6.61 Å². The zero-order valence-electron chi connectivity index (χ0n) is 12.6. The second kappa shape index (κ2) is 6.61. The van der Waals surface area contributed by atoms with Crippen molar-refractivity contribution in [2.24, 2.45) is 5.92 Å². The van der Waals surface area contributed by atoms with E-state index in [1.807, 2.05) is 13.0 Å². The van der Waals surface area contributed by atoms with Gasteiger partial charge in [0.05, 0.1) is 5.56 Å². The summed E-state index contributed by atoms with van der Waals surface area (Å²) in [6.07, 6.45) is 2.15. The predicted octanol–water partition coefficient (Wildman–Crippen LogP) is 1.99. The Labute approximate surface area is 125 Å². The molecule has 114 valence electrons. The average molecular weight is 290 g/mol. The van der Waals surface area contributed by atoms with E-state index >= 15 is 0 Å². The highest BCUT2D eigenvalue weighted by molar-refractivity contribution is 5.96. The van der Waals surface area contributed by atoms with Crippen LogP contribution >= 0.6 is 0 Å². The highest BCUT2D eigenvalue weighted by atomic mass is 16.5. The minimum atomic E-state index is -0.547. The van der Waals surface area contributed by atoms with Crippen LogP contribution in [0.4, 0.5) is 5.69 Å². The maximum atomic E-state index is 12.0. The SMILES string of the molecule is Cc1cccc(C(=O)OCC(=O)N2CCCC(C)C2)c1N. The number of hydrogen-bond acceptors (Lipinski definition) is 4. The number of hydrogen-bond donors (Lipinski definition) is 1. The van der Waals surface area contributed by atoms with Crippen molar-refractivity contribution in [3.05, 3.63) is 29.3 Å². The van der Waals surface area contributed by atoms with Gasteiger partial charge in [-0.25, -0.2) is 4.79 Å². The third kappa shape index (κ3) is 3.74. The molecule has 0 aromatic heterocycles.